The lowest BCUT2D eigenvalue weighted by molar-refractivity contribution is 0.0757. The van der Waals surface area contributed by atoms with Gasteiger partial charge in [-0.3, -0.25) is 19.7 Å². The summed E-state index contributed by atoms with van der Waals surface area (Å²) >= 11 is 0. The normalized spacial score (nSPS) is 17.3. The molecule has 1 saturated heterocycles. The molecule has 8 heteroatoms. The van der Waals surface area contributed by atoms with Gasteiger partial charge < -0.3 is 4.90 Å². The largest absolute Gasteiger partial charge is 0.339 e. The summed E-state index contributed by atoms with van der Waals surface area (Å²) in [6.45, 7) is 2.33. The maximum Gasteiger partial charge on any atom is 0.255 e. The van der Waals surface area contributed by atoms with E-state index in [4.69, 9.17) is 0 Å². The molecule has 4 heterocycles. The van der Waals surface area contributed by atoms with Gasteiger partial charge >= 0.3 is 0 Å². The van der Waals surface area contributed by atoms with E-state index in [-0.39, 0.29) is 5.91 Å². The molecule has 0 aliphatic carbocycles. The van der Waals surface area contributed by atoms with Gasteiger partial charge in [-0.25, -0.2) is 4.68 Å². The molecule has 150 valence electrons. The Morgan fingerprint density at radius 3 is 2.93 bits per heavy atom. The second kappa shape index (κ2) is 8.91. The Hall–Kier alpha value is -3.13. The van der Waals surface area contributed by atoms with E-state index in [0.717, 1.165) is 50.3 Å². The van der Waals surface area contributed by atoms with Gasteiger partial charge in [-0.2, -0.15) is 0 Å². The highest BCUT2D eigenvalue weighted by molar-refractivity contribution is 5.94. The summed E-state index contributed by atoms with van der Waals surface area (Å²) in [5.41, 5.74) is 2.39. The monoisotopic (exact) mass is 391 g/mol. The first-order valence-electron chi connectivity index (χ1n) is 9.92. The van der Waals surface area contributed by atoms with Gasteiger partial charge in [0.2, 0.25) is 0 Å². The Morgan fingerprint density at radius 2 is 2.14 bits per heavy atom. The van der Waals surface area contributed by atoms with E-state index < -0.39 is 0 Å². The fourth-order valence-corrected chi connectivity index (χ4v) is 3.80. The van der Waals surface area contributed by atoms with E-state index in [9.17, 15) is 4.79 Å². The Labute approximate surface area is 170 Å². The molecule has 3 aromatic heterocycles. The third-order valence-corrected chi connectivity index (χ3v) is 5.40. The van der Waals surface area contributed by atoms with Crippen LogP contribution in [0.3, 0.4) is 0 Å². The van der Waals surface area contributed by atoms with E-state index in [1.54, 1.807) is 29.5 Å². The number of aromatic nitrogens is 5. The van der Waals surface area contributed by atoms with Crippen LogP contribution in [0.25, 0.3) is 5.69 Å². The van der Waals surface area contributed by atoms with Gasteiger partial charge in [0.25, 0.3) is 5.91 Å². The highest BCUT2D eigenvalue weighted by Crippen LogP contribution is 2.19. The maximum absolute atomic E-state index is 13.1. The number of hydrogen-bond donors (Lipinski definition) is 0. The standard InChI is InChI=1S/C21H25N7O/c1-26(16-18-5-2-3-8-23-18)19-6-4-10-27(11-7-19)21(29)17-13-20(15-22-14-17)28-12-9-24-25-28/h2-3,5,8-9,12-15,19H,4,6-7,10-11,16H2,1H3. The second-order valence-electron chi connectivity index (χ2n) is 7.39. The second-order valence-corrected chi connectivity index (χ2v) is 7.39. The van der Waals surface area contributed by atoms with E-state index in [2.05, 4.69) is 38.3 Å². The minimum Gasteiger partial charge on any atom is -0.339 e. The predicted molar refractivity (Wildman–Crippen MR) is 108 cm³/mol. The molecule has 0 spiro atoms. The van der Waals surface area contributed by atoms with Crippen molar-refractivity contribution in [1.29, 1.82) is 0 Å². The average molecular weight is 391 g/mol. The topological polar surface area (TPSA) is 80.0 Å². The first kappa shape index (κ1) is 19.2. The quantitative estimate of drug-likeness (QED) is 0.663. The zero-order chi connectivity index (χ0) is 20.1. The van der Waals surface area contributed by atoms with Gasteiger partial charge in [0, 0.05) is 38.1 Å². The van der Waals surface area contributed by atoms with Crippen molar-refractivity contribution in [2.24, 2.45) is 0 Å². The van der Waals surface area contributed by atoms with Crippen molar-refractivity contribution in [3.05, 3.63) is 66.5 Å². The molecule has 0 bridgehead atoms. The molecule has 4 rings (SSSR count). The Balaban J connectivity index is 1.39. The Morgan fingerprint density at radius 1 is 1.21 bits per heavy atom. The van der Waals surface area contributed by atoms with Crippen LogP contribution >= 0.6 is 0 Å². The number of rotatable bonds is 5. The molecule has 1 aliphatic heterocycles. The van der Waals surface area contributed by atoms with Crippen LogP contribution in [-0.2, 0) is 6.54 Å². The zero-order valence-electron chi connectivity index (χ0n) is 16.6. The molecule has 3 aromatic rings. The van der Waals surface area contributed by atoms with Gasteiger partial charge in [0.15, 0.2) is 0 Å². The maximum atomic E-state index is 13.1. The van der Waals surface area contributed by atoms with Crippen molar-refractivity contribution in [1.82, 2.24) is 34.8 Å². The average Bonchev–Trinajstić information content (AvgIpc) is 3.18. The van der Waals surface area contributed by atoms with Crippen molar-refractivity contribution in [2.75, 3.05) is 20.1 Å². The third kappa shape index (κ3) is 4.65. The molecule has 0 N–H and O–H groups in total. The van der Waals surface area contributed by atoms with Crippen molar-refractivity contribution in [3.63, 3.8) is 0 Å². The fraction of sp³-hybridized carbons (Fsp3) is 0.381. The molecule has 0 aromatic carbocycles. The molecule has 1 unspecified atom stereocenters. The van der Waals surface area contributed by atoms with Crippen molar-refractivity contribution in [3.8, 4) is 5.69 Å². The number of nitrogens with zero attached hydrogens (tertiary/aromatic N) is 7. The predicted octanol–water partition coefficient (Wildman–Crippen LogP) is 2.18. The molecule has 1 aliphatic rings. The first-order valence-corrected chi connectivity index (χ1v) is 9.92. The van der Waals surface area contributed by atoms with Crippen LogP contribution in [0, 0.1) is 0 Å². The zero-order valence-corrected chi connectivity index (χ0v) is 16.6. The summed E-state index contributed by atoms with van der Waals surface area (Å²) < 4.78 is 1.61. The van der Waals surface area contributed by atoms with Gasteiger partial charge in [-0.05, 0) is 44.5 Å². The van der Waals surface area contributed by atoms with E-state index in [1.165, 1.54) is 0 Å². The number of likely N-dealkylation sites (tertiary alicyclic amines) is 1. The highest BCUT2D eigenvalue weighted by Gasteiger charge is 2.24. The summed E-state index contributed by atoms with van der Waals surface area (Å²) in [6, 6.07) is 8.27. The SMILES string of the molecule is CN(Cc1ccccn1)C1CCCN(C(=O)c2cncc(-n3ccnn3)c2)CC1. The van der Waals surface area contributed by atoms with Gasteiger partial charge in [-0.15, -0.1) is 5.10 Å². The summed E-state index contributed by atoms with van der Waals surface area (Å²) in [7, 11) is 2.14. The smallest absolute Gasteiger partial charge is 0.255 e. The molecule has 1 fully saturated rings. The lowest BCUT2D eigenvalue weighted by atomic mass is 10.1. The molecule has 1 atom stereocenters. The first-order chi connectivity index (χ1) is 14.2. The van der Waals surface area contributed by atoms with Gasteiger partial charge in [0.05, 0.1) is 35.5 Å². The van der Waals surface area contributed by atoms with Gasteiger partial charge in [0.1, 0.15) is 0 Å². The summed E-state index contributed by atoms with van der Waals surface area (Å²) in [4.78, 5) is 26.0. The lowest BCUT2D eigenvalue weighted by Crippen LogP contribution is -2.35. The molecule has 1 amide bonds. The number of hydrogen-bond acceptors (Lipinski definition) is 6. The van der Waals surface area contributed by atoms with Crippen LogP contribution in [0.4, 0.5) is 0 Å². The Kier molecular flexibility index (Phi) is 5.90. The molecule has 8 nitrogen and oxygen atoms in total. The van der Waals surface area contributed by atoms with Gasteiger partial charge in [-0.1, -0.05) is 11.3 Å². The minimum atomic E-state index is 0.0208. The molecular formula is C21H25N7O. The van der Waals surface area contributed by atoms with Crippen LogP contribution in [-0.4, -0.2) is 66.8 Å². The fourth-order valence-electron chi connectivity index (χ4n) is 3.80. The third-order valence-electron chi connectivity index (χ3n) is 5.40. The number of carbonyl (C=O) groups excluding carboxylic acids is 1. The minimum absolute atomic E-state index is 0.0208. The van der Waals surface area contributed by atoms with Crippen LogP contribution in [0.1, 0.15) is 35.3 Å². The molecule has 0 saturated carbocycles. The van der Waals surface area contributed by atoms with Crippen LogP contribution in [0.5, 0.6) is 0 Å². The van der Waals surface area contributed by atoms with Crippen LogP contribution < -0.4 is 0 Å². The van der Waals surface area contributed by atoms with E-state index in [1.807, 2.05) is 29.3 Å². The number of amides is 1. The molecular weight excluding hydrogens is 366 g/mol. The van der Waals surface area contributed by atoms with E-state index in [0.29, 0.717) is 11.6 Å². The number of pyridine rings is 2. The Bertz CT molecular complexity index is 929. The molecule has 0 radical (unpaired) electrons. The van der Waals surface area contributed by atoms with Crippen LogP contribution in [0.2, 0.25) is 0 Å². The van der Waals surface area contributed by atoms with Crippen molar-refractivity contribution in [2.45, 2.75) is 31.8 Å². The lowest BCUT2D eigenvalue weighted by Gasteiger charge is -2.27. The molecule has 29 heavy (non-hydrogen) atoms. The highest BCUT2D eigenvalue weighted by atomic mass is 16.2. The van der Waals surface area contributed by atoms with Crippen molar-refractivity contribution >= 4 is 5.91 Å². The van der Waals surface area contributed by atoms with Crippen molar-refractivity contribution < 1.29 is 4.79 Å². The summed E-state index contributed by atoms with van der Waals surface area (Å²) in [5, 5.41) is 7.78. The number of carbonyl (C=O) groups is 1. The van der Waals surface area contributed by atoms with E-state index >= 15 is 0 Å². The summed E-state index contributed by atoms with van der Waals surface area (Å²) in [5.74, 6) is 0.0208. The summed E-state index contributed by atoms with van der Waals surface area (Å²) in [6.07, 6.45) is 11.5. The van der Waals surface area contributed by atoms with Crippen LogP contribution in [0.15, 0.2) is 55.2 Å².